The van der Waals surface area contributed by atoms with Gasteiger partial charge in [0.15, 0.2) is 0 Å². The van der Waals surface area contributed by atoms with Crippen LogP contribution in [0.1, 0.15) is 24.0 Å². The van der Waals surface area contributed by atoms with Crippen molar-refractivity contribution in [3.8, 4) is 17.5 Å². The molecule has 2 heterocycles. The Morgan fingerprint density at radius 2 is 1.67 bits per heavy atom. The number of para-hydroxylation sites is 1. The Balaban J connectivity index is 0.000000448. The lowest BCUT2D eigenvalue weighted by Gasteiger charge is -2.18. The normalized spacial score (nSPS) is 13.1. The monoisotopic (exact) mass is 535 g/mol. The molecule has 1 saturated heterocycles. The van der Waals surface area contributed by atoms with Crippen LogP contribution in [-0.4, -0.2) is 46.4 Å². The Labute approximate surface area is 224 Å². The number of carboxylic acids is 1. The molecule has 3 aromatic carbocycles. The molecule has 0 saturated carbocycles. The van der Waals surface area contributed by atoms with Gasteiger partial charge in [0.1, 0.15) is 11.3 Å². The van der Waals surface area contributed by atoms with E-state index in [1.165, 1.54) is 24.1 Å². The maximum Gasteiger partial charge on any atom is 0.490 e. The minimum absolute atomic E-state index is 0.665. The molecule has 10 heteroatoms. The van der Waals surface area contributed by atoms with Gasteiger partial charge in [-0.25, -0.2) is 9.78 Å². The number of fused-ring (bicyclic) bond motifs is 1. The van der Waals surface area contributed by atoms with Crippen molar-refractivity contribution < 1.29 is 23.1 Å². The smallest absolute Gasteiger partial charge is 0.475 e. The summed E-state index contributed by atoms with van der Waals surface area (Å²) in [5.41, 5.74) is 6.44. The molecule has 0 atom stereocenters. The first-order valence-electron chi connectivity index (χ1n) is 12.6. The van der Waals surface area contributed by atoms with Crippen LogP contribution >= 0.6 is 0 Å². The van der Waals surface area contributed by atoms with E-state index in [0.29, 0.717) is 5.56 Å². The molecule has 7 nitrogen and oxygen atoms in total. The number of nitrogens with one attached hydrogen (secondary N) is 1. The summed E-state index contributed by atoms with van der Waals surface area (Å²) in [6, 6.07) is 26.9. The predicted octanol–water partition coefficient (Wildman–Crippen LogP) is 5.60. The lowest BCUT2D eigenvalue weighted by atomic mass is 10.1. The number of carbonyl (C=O) groups is 1. The van der Waals surface area contributed by atoms with Gasteiger partial charge in [0.05, 0.1) is 22.8 Å². The van der Waals surface area contributed by atoms with Crippen molar-refractivity contribution in [2.45, 2.75) is 32.1 Å². The van der Waals surface area contributed by atoms with Crippen LogP contribution in [0, 0.1) is 11.3 Å². The second-order valence-corrected chi connectivity index (χ2v) is 9.08. The van der Waals surface area contributed by atoms with Crippen molar-refractivity contribution in [2.24, 2.45) is 0 Å². The van der Waals surface area contributed by atoms with Crippen LogP contribution in [0.2, 0.25) is 0 Å². The van der Waals surface area contributed by atoms with E-state index in [1.807, 2.05) is 30.3 Å². The topological polar surface area (TPSA) is 94.2 Å². The molecule has 4 aromatic rings. The SMILES string of the molecule is N#Cc1ccc(-c2nc3c(N4CCCC4)cccc3n2CCNCc2ccccc2)cc1.O=C(O)C(F)(F)F. The Morgan fingerprint density at radius 1 is 1.00 bits per heavy atom. The van der Waals surface area contributed by atoms with E-state index in [2.05, 4.69) is 63.3 Å². The van der Waals surface area contributed by atoms with E-state index in [4.69, 9.17) is 14.9 Å². The zero-order chi connectivity index (χ0) is 27.8. The largest absolute Gasteiger partial charge is 0.490 e. The summed E-state index contributed by atoms with van der Waals surface area (Å²) in [7, 11) is 0. The number of nitrogens with zero attached hydrogens (tertiary/aromatic N) is 4. The second kappa shape index (κ2) is 12.5. The van der Waals surface area contributed by atoms with E-state index in [9.17, 15) is 18.4 Å². The highest BCUT2D eigenvalue weighted by Gasteiger charge is 2.38. The second-order valence-electron chi connectivity index (χ2n) is 9.08. The average molecular weight is 536 g/mol. The number of rotatable bonds is 7. The number of carboxylic acid groups (broad SMARTS) is 1. The molecule has 1 aliphatic rings. The fourth-order valence-corrected chi connectivity index (χ4v) is 4.51. The Kier molecular flexibility index (Phi) is 8.84. The molecule has 1 aromatic heterocycles. The van der Waals surface area contributed by atoms with E-state index in [-0.39, 0.29) is 0 Å². The first-order valence-corrected chi connectivity index (χ1v) is 12.6. The maximum atomic E-state index is 10.6. The third kappa shape index (κ3) is 6.94. The van der Waals surface area contributed by atoms with E-state index < -0.39 is 12.1 Å². The lowest BCUT2D eigenvalue weighted by Crippen LogP contribution is -2.21. The molecule has 0 spiro atoms. The summed E-state index contributed by atoms with van der Waals surface area (Å²) in [6.45, 7) is 4.70. The van der Waals surface area contributed by atoms with Gasteiger partial charge >= 0.3 is 12.1 Å². The molecule has 2 N–H and O–H groups in total. The highest BCUT2D eigenvalue weighted by Crippen LogP contribution is 2.33. The van der Waals surface area contributed by atoms with Crippen molar-refractivity contribution in [3.05, 3.63) is 83.9 Å². The number of aliphatic carboxylic acids is 1. The molecule has 0 radical (unpaired) electrons. The molecular formula is C29H28F3N5O2. The number of aromatic nitrogens is 2. The van der Waals surface area contributed by atoms with Gasteiger partial charge in [-0.1, -0.05) is 36.4 Å². The van der Waals surface area contributed by atoms with Gasteiger partial charge in [0.2, 0.25) is 0 Å². The summed E-state index contributed by atoms with van der Waals surface area (Å²) < 4.78 is 34.0. The van der Waals surface area contributed by atoms with Gasteiger partial charge in [-0.3, -0.25) is 0 Å². The van der Waals surface area contributed by atoms with E-state index in [0.717, 1.165) is 55.1 Å². The van der Waals surface area contributed by atoms with Crippen LogP contribution in [-0.2, 0) is 17.9 Å². The van der Waals surface area contributed by atoms with E-state index >= 15 is 0 Å². The Morgan fingerprint density at radius 3 is 2.28 bits per heavy atom. The molecule has 1 fully saturated rings. The van der Waals surface area contributed by atoms with Crippen molar-refractivity contribution >= 4 is 22.7 Å². The third-order valence-corrected chi connectivity index (χ3v) is 6.40. The average Bonchev–Trinajstić information content (AvgIpc) is 3.60. The van der Waals surface area contributed by atoms with Crippen molar-refractivity contribution in [2.75, 3.05) is 24.5 Å². The predicted molar refractivity (Wildman–Crippen MR) is 143 cm³/mol. The molecule has 1 aliphatic heterocycles. The zero-order valence-corrected chi connectivity index (χ0v) is 21.2. The van der Waals surface area contributed by atoms with Crippen LogP contribution in [0.25, 0.3) is 22.4 Å². The number of imidazole rings is 1. The van der Waals surface area contributed by atoms with Gasteiger partial charge in [-0.2, -0.15) is 18.4 Å². The number of halogens is 3. The van der Waals surface area contributed by atoms with Crippen molar-refractivity contribution in [3.63, 3.8) is 0 Å². The van der Waals surface area contributed by atoms with Crippen molar-refractivity contribution in [1.82, 2.24) is 14.9 Å². The van der Waals surface area contributed by atoms with Gasteiger partial charge < -0.3 is 19.9 Å². The number of hydrogen-bond donors (Lipinski definition) is 2. The minimum Gasteiger partial charge on any atom is -0.475 e. The quantitative estimate of drug-likeness (QED) is 0.299. The standard InChI is InChI=1S/C27H27N5.C2HF3O2/c28-19-21-11-13-23(14-12-21)27-30-26-24(31-16-4-5-17-31)9-6-10-25(26)32(27)18-15-29-20-22-7-2-1-3-8-22;3-2(4,5)1(6)7/h1-3,6-14,29H,4-5,15-18,20H2;(H,6,7). The third-order valence-electron chi connectivity index (χ3n) is 6.40. The summed E-state index contributed by atoms with van der Waals surface area (Å²) in [5, 5.41) is 19.9. The van der Waals surface area contributed by atoms with Crippen LogP contribution in [0.3, 0.4) is 0 Å². The number of nitriles is 1. The fourth-order valence-electron chi connectivity index (χ4n) is 4.51. The fraction of sp³-hybridized carbons (Fsp3) is 0.276. The zero-order valence-electron chi connectivity index (χ0n) is 21.2. The molecule has 0 unspecified atom stereocenters. The molecule has 0 aliphatic carbocycles. The molecule has 5 rings (SSSR count). The van der Waals surface area contributed by atoms with Gasteiger partial charge in [0, 0.05) is 38.3 Å². The van der Waals surface area contributed by atoms with E-state index in [1.54, 1.807) is 0 Å². The van der Waals surface area contributed by atoms with Gasteiger partial charge in [-0.15, -0.1) is 0 Å². The van der Waals surface area contributed by atoms with Gasteiger partial charge in [-0.05, 0) is 54.8 Å². The number of benzene rings is 3. The van der Waals surface area contributed by atoms with Crippen LogP contribution < -0.4 is 10.2 Å². The first kappa shape index (κ1) is 27.7. The highest BCUT2D eigenvalue weighted by molar-refractivity contribution is 5.92. The number of hydrogen-bond acceptors (Lipinski definition) is 5. The van der Waals surface area contributed by atoms with Gasteiger partial charge in [0.25, 0.3) is 0 Å². The maximum absolute atomic E-state index is 10.6. The summed E-state index contributed by atoms with van der Waals surface area (Å²) in [6.07, 6.45) is -2.61. The number of anilines is 1. The van der Waals surface area contributed by atoms with Crippen LogP contribution in [0.4, 0.5) is 18.9 Å². The molecular weight excluding hydrogens is 507 g/mol. The van der Waals surface area contributed by atoms with Crippen LogP contribution in [0.5, 0.6) is 0 Å². The molecule has 39 heavy (non-hydrogen) atoms. The first-order chi connectivity index (χ1) is 18.8. The summed E-state index contributed by atoms with van der Waals surface area (Å²) >= 11 is 0. The van der Waals surface area contributed by atoms with Crippen molar-refractivity contribution in [1.29, 1.82) is 5.26 Å². The highest BCUT2D eigenvalue weighted by atomic mass is 19.4. The summed E-state index contributed by atoms with van der Waals surface area (Å²) in [4.78, 5) is 16.5. The minimum atomic E-state index is -5.08. The Hall–Kier alpha value is -4.36. The molecule has 0 amide bonds. The number of alkyl halides is 3. The Bertz CT molecular complexity index is 1440. The molecule has 202 valence electrons. The molecule has 0 bridgehead atoms. The summed E-state index contributed by atoms with van der Waals surface area (Å²) in [5.74, 6) is -1.80. The van der Waals surface area contributed by atoms with Crippen LogP contribution in [0.15, 0.2) is 72.8 Å². The lowest BCUT2D eigenvalue weighted by molar-refractivity contribution is -0.192.